The van der Waals surface area contributed by atoms with E-state index < -0.39 is 0 Å². The summed E-state index contributed by atoms with van der Waals surface area (Å²) in [4.78, 5) is 23.4. The van der Waals surface area contributed by atoms with E-state index in [0.717, 1.165) is 46.6 Å². The van der Waals surface area contributed by atoms with Crippen LogP contribution in [0.4, 0.5) is 0 Å². The zero-order valence-electron chi connectivity index (χ0n) is 17.1. The third-order valence-corrected chi connectivity index (χ3v) is 8.35. The highest BCUT2D eigenvalue weighted by molar-refractivity contribution is 7.16. The third kappa shape index (κ3) is 3.09. The minimum absolute atomic E-state index is 0.0559. The summed E-state index contributed by atoms with van der Waals surface area (Å²) >= 11 is 1.50. The summed E-state index contributed by atoms with van der Waals surface area (Å²) in [6, 6.07) is 3.02. The number of rotatable bonds is 2. The van der Waals surface area contributed by atoms with E-state index in [-0.39, 0.29) is 5.56 Å². The van der Waals surface area contributed by atoms with E-state index in [2.05, 4.69) is 21.0 Å². The van der Waals surface area contributed by atoms with E-state index in [0.29, 0.717) is 6.04 Å². The van der Waals surface area contributed by atoms with Gasteiger partial charge >= 0.3 is 0 Å². The number of aromatic nitrogens is 3. The van der Waals surface area contributed by atoms with E-state index >= 15 is 0 Å². The van der Waals surface area contributed by atoms with Crippen molar-refractivity contribution >= 4 is 16.3 Å². The summed E-state index contributed by atoms with van der Waals surface area (Å²) in [6.45, 7) is 6.34. The molecule has 0 unspecified atom stereocenters. The Morgan fingerprint density at radius 2 is 2.17 bits per heavy atom. The highest BCUT2D eigenvalue weighted by Crippen LogP contribution is 2.45. The highest BCUT2D eigenvalue weighted by atomic mass is 32.1. The average molecular weight is 412 g/mol. The molecule has 1 aliphatic carbocycles. The molecule has 2 aromatic heterocycles. The Bertz CT molecular complexity index is 1030. The van der Waals surface area contributed by atoms with Crippen molar-refractivity contribution in [1.82, 2.24) is 24.4 Å². The molecular weight excluding hydrogens is 382 g/mol. The lowest BCUT2D eigenvalue weighted by Crippen LogP contribution is -2.59. The Hall–Kier alpha value is -1.57. The van der Waals surface area contributed by atoms with Gasteiger partial charge in [0.25, 0.3) is 5.56 Å². The van der Waals surface area contributed by atoms with Crippen LogP contribution in [0.3, 0.4) is 0 Å². The van der Waals surface area contributed by atoms with Crippen LogP contribution >= 0.6 is 11.3 Å². The maximum atomic E-state index is 12.5. The van der Waals surface area contributed by atoms with Gasteiger partial charge in [0.1, 0.15) is 5.01 Å². The van der Waals surface area contributed by atoms with Crippen LogP contribution in [-0.2, 0) is 6.54 Å². The minimum atomic E-state index is -0.0559. The number of likely N-dealkylation sites (tertiary alicyclic amines) is 1. The molecule has 6 nitrogen and oxygen atoms in total. The molecule has 154 valence electrons. The monoisotopic (exact) mass is 411 g/mol. The Kier molecular flexibility index (Phi) is 4.39. The van der Waals surface area contributed by atoms with Gasteiger partial charge < -0.3 is 0 Å². The van der Waals surface area contributed by atoms with E-state index in [1.165, 1.54) is 67.5 Å². The van der Waals surface area contributed by atoms with Crippen LogP contribution in [0.5, 0.6) is 0 Å². The summed E-state index contributed by atoms with van der Waals surface area (Å²) in [6.07, 6.45) is 10.6. The second-order valence-corrected chi connectivity index (χ2v) is 10.5. The van der Waals surface area contributed by atoms with Crippen molar-refractivity contribution in [3.63, 3.8) is 0 Å². The zero-order valence-corrected chi connectivity index (χ0v) is 17.9. The molecule has 3 aliphatic heterocycles. The molecular formula is C22H29N5OS. The van der Waals surface area contributed by atoms with E-state index in [1.54, 1.807) is 11.6 Å². The van der Waals surface area contributed by atoms with Gasteiger partial charge in [-0.3, -0.25) is 14.6 Å². The fraction of sp³-hybridized carbons (Fsp3) is 0.682. The number of piperidine rings is 3. The first-order valence-corrected chi connectivity index (χ1v) is 12.0. The van der Waals surface area contributed by atoms with Gasteiger partial charge in [-0.1, -0.05) is 29.4 Å². The Balaban J connectivity index is 1.31. The summed E-state index contributed by atoms with van der Waals surface area (Å²) in [5.74, 6) is 1.49. The number of fused-ring (bicyclic) bond motifs is 7. The van der Waals surface area contributed by atoms with E-state index in [1.807, 2.05) is 6.92 Å². The molecule has 0 amide bonds. The van der Waals surface area contributed by atoms with Gasteiger partial charge in [0.2, 0.25) is 4.96 Å². The van der Waals surface area contributed by atoms with Gasteiger partial charge in [-0.2, -0.15) is 9.61 Å². The number of aryl methyl sites for hydroxylation is 1. The fourth-order valence-corrected chi connectivity index (χ4v) is 7.27. The fourth-order valence-electron chi connectivity index (χ4n) is 6.50. The molecule has 3 saturated heterocycles. The molecule has 2 aromatic rings. The Morgan fingerprint density at radius 3 is 3.10 bits per heavy atom. The molecule has 4 atom stereocenters. The average Bonchev–Trinajstić information content (AvgIpc) is 3.09. The van der Waals surface area contributed by atoms with Crippen molar-refractivity contribution < 1.29 is 0 Å². The molecule has 5 heterocycles. The van der Waals surface area contributed by atoms with Gasteiger partial charge in [-0.25, -0.2) is 4.98 Å². The molecule has 4 aliphatic rings. The first kappa shape index (κ1) is 18.2. The molecule has 0 radical (unpaired) electrons. The molecule has 29 heavy (non-hydrogen) atoms. The summed E-state index contributed by atoms with van der Waals surface area (Å²) in [7, 11) is 0. The minimum Gasteiger partial charge on any atom is -0.299 e. The van der Waals surface area contributed by atoms with Crippen LogP contribution in [0.25, 0.3) is 4.96 Å². The second kappa shape index (κ2) is 7.00. The van der Waals surface area contributed by atoms with Crippen LogP contribution < -0.4 is 5.56 Å². The third-order valence-electron chi connectivity index (χ3n) is 7.53. The van der Waals surface area contributed by atoms with Crippen LogP contribution in [0, 0.1) is 18.8 Å². The number of nitrogens with zero attached hydrogens (tertiary/aromatic N) is 5. The van der Waals surface area contributed by atoms with Crippen molar-refractivity contribution in [3.8, 4) is 0 Å². The molecule has 0 spiro atoms. The number of hydrogen-bond donors (Lipinski definition) is 0. The molecule has 2 bridgehead atoms. The Morgan fingerprint density at radius 1 is 1.24 bits per heavy atom. The predicted molar refractivity (Wildman–Crippen MR) is 114 cm³/mol. The summed E-state index contributed by atoms with van der Waals surface area (Å²) < 4.78 is 1.44. The molecule has 3 fully saturated rings. The van der Waals surface area contributed by atoms with Crippen LogP contribution in [-0.4, -0.2) is 56.1 Å². The molecule has 0 saturated carbocycles. The lowest BCUT2D eigenvalue weighted by Gasteiger charge is -2.54. The van der Waals surface area contributed by atoms with Gasteiger partial charge in [0.05, 0.1) is 5.69 Å². The van der Waals surface area contributed by atoms with Crippen molar-refractivity contribution in [2.75, 3.05) is 19.6 Å². The first-order valence-electron chi connectivity index (χ1n) is 11.2. The molecule has 6 rings (SSSR count). The lowest BCUT2D eigenvalue weighted by atomic mass is 9.68. The topological polar surface area (TPSA) is 53.7 Å². The molecule has 7 heteroatoms. The van der Waals surface area contributed by atoms with Crippen molar-refractivity contribution in [1.29, 1.82) is 0 Å². The lowest BCUT2D eigenvalue weighted by molar-refractivity contribution is -0.00290. The van der Waals surface area contributed by atoms with Crippen molar-refractivity contribution in [2.45, 2.75) is 64.1 Å². The van der Waals surface area contributed by atoms with Gasteiger partial charge in [0.15, 0.2) is 0 Å². The maximum absolute atomic E-state index is 12.5. The summed E-state index contributed by atoms with van der Waals surface area (Å²) in [5, 5.41) is 5.16. The normalized spacial score (nSPS) is 32.7. The van der Waals surface area contributed by atoms with Gasteiger partial charge in [0, 0.05) is 31.2 Å². The zero-order chi connectivity index (χ0) is 19.5. The van der Waals surface area contributed by atoms with E-state index in [4.69, 9.17) is 4.98 Å². The predicted octanol–water partition coefficient (Wildman–Crippen LogP) is 2.85. The summed E-state index contributed by atoms with van der Waals surface area (Å²) in [5.41, 5.74) is 2.52. The van der Waals surface area contributed by atoms with E-state index in [9.17, 15) is 4.79 Å². The quantitative estimate of drug-likeness (QED) is 0.712. The van der Waals surface area contributed by atoms with Crippen molar-refractivity contribution in [3.05, 3.63) is 38.8 Å². The van der Waals surface area contributed by atoms with Crippen molar-refractivity contribution in [2.24, 2.45) is 11.8 Å². The Labute approximate surface area is 175 Å². The van der Waals surface area contributed by atoms with Crippen LogP contribution in [0.15, 0.2) is 22.5 Å². The second-order valence-electron chi connectivity index (χ2n) is 9.38. The highest BCUT2D eigenvalue weighted by Gasteiger charge is 2.45. The van der Waals surface area contributed by atoms with Gasteiger partial charge in [-0.05, 0) is 64.0 Å². The maximum Gasteiger partial charge on any atom is 0.275 e. The van der Waals surface area contributed by atoms with Crippen LogP contribution in [0.2, 0.25) is 0 Å². The molecule has 0 aromatic carbocycles. The SMILES string of the molecule is Cc1nn2c(=O)cc(CN3CCCC4=C[C@H]5C[C@@H](CN6CCCC[C@H]56)[C@@H]43)nc2s1. The standard InChI is InChI=1S/C22H29N5OS/c1-14-24-27-20(28)11-18(23-22(27)29-14)13-26-8-4-5-15-9-16-10-17(21(15)26)12-25-7-3-2-6-19(16)25/h9,11,16-17,19,21H,2-8,10,12-13H2,1H3/t16-,17-,19+,21+/m0/s1. The molecule has 0 N–H and O–H groups in total. The van der Waals surface area contributed by atoms with Crippen LogP contribution in [0.1, 0.15) is 49.2 Å². The first-order chi connectivity index (χ1) is 14.2. The number of hydrogen-bond acceptors (Lipinski definition) is 6. The largest absolute Gasteiger partial charge is 0.299 e. The smallest absolute Gasteiger partial charge is 0.275 e. The van der Waals surface area contributed by atoms with Gasteiger partial charge in [-0.15, -0.1) is 0 Å².